The van der Waals surface area contributed by atoms with E-state index >= 15 is 0 Å². The fourth-order valence-electron chi connectivity index (χ4n) is 3.02. The first kappa shape index (κ1) is 19.4. The number of benzene rings is 1. The molecular weight excluding hydrogens is 314 g/mol. The van der Waals surface area contributed by atoms with Crippen LogP contribution in [0.1, 0.15) is 36.5 Å². The van der Waals surface area contributed by atoms with Crippen molar-refractivity contribution in [3.05, 3.63) is 34.9 Å². The van der Waals surface area contributed by atoms with Gasteiger partial charge in [0, 0.05) is 32.7 Å². The van der Waals surface area contributed by atoms with Crippen molar-refractivity contribution in [3.8, 4) is 0 Å². The van der Waals surface area contributed by atoms with E-state index in [0.717, 1.165) is 38.0 Å². The summed E-state index contributed by atoms with van der Waals surface area (Å²) in [5.74, 6) is 0.263. The molecule has 0 bridgehead atoms. The van der Waals surface area contributed by atoms with Crippen LogP contribution in [0.25, 0.3) is 0 Å². The minimum Gasteiger partial charge on any atom is -0.355 e. The molecule has 5 heteroatoms. The molecule has 1 N–H and O–H groups in total. The number of unbranched alkanes of at least 4 members (excludes halogenated alkanes) is 1. The largest absolute Gasteiger partial charge is 0.355 e. The normalized spacial score (nSPS) is 15.2. The molecule has 1 aromatic rings. The fraction of sp³-hybridized carbons (Fsp3) is 0.600. The van der Waals surface area contributed by atoms with E-state index in [1.54, 1.807) is 0 Å². The summed E-state index contributed by atoms with van der Waals surface area (Å²) in [4.78, 5) is 28.4. The van der Waals surface area contributed by atoms with Crippen LogP contribution in [0.5, 0.6) is 0 Å². The summed E-state index contributed by atoms with van der Waals surface area (Å²) in [5, 5.41) is 2.95. The number of hydrogen-bond acceptors (Lipinski definition) is 3. The predicted molar refractivity (Wildman–Crippen MR) is 101 cm³/mol. The second-order valence-corrected chi connectivity index (χ2v) is 6.96. The van der Waals surface area contributed by atoms with Crippen molar-refractivity contribution in [2.45, 2.75) is 40.0 Å². The van der Waals surface area contributed by atoms with Gasteiger partial charge in [-0.25, -0.2) is 0 Å². The van der Waals surface area contributed by atoms with Gasteiger partial charge in [-0.2, -0.15) is 0 Å². The molecule has 0 spiro atoms. The zero-order valence-corrected chi connectivity index (χ0v) is 15.8. The molecule has 0 radical (unpaired) electrons. The predicted octanol–water partition coefficient (Wildman–Crippen LogP) is 1.91. The third kappa shape index (κ3) is 6.16. The highest BCUT2D eigenvalue weighted by molar-refractivity contribution is 5.79. The second kappa shape index (κ2) is 9.56. The number of piperazine rings is 1. The number of nitrogens with one attached hydrogen (secondary N) is 1. The third-order valence-corrected chi connectivity index (χ3v) is 4.87. The summed E-state index contributed by atoms with van der Waals surface area (Å²) in [6, 6.07) is 6.22. The number of nitrogens with zero attached hydrogens (tertiary/aromatic N) is 2. The van der Waals surface area contributed by atoms with Crippen LogP contribution >= 0.6 is 0 Å². The minimum absolute atomic E-state index is 0.0864. The highest BCUT2D eigenvalue weighted by Gasteiger charge is 2.22. The van der Waals surface area contributed by atoms with Crippen LogP contribution in [0, 0.1) is 13.8 Å². The molecule has 1 heterocycles. The highest BCUT2D eigenvalue weighted by atomic mass is 16.2. The van der Waals surface area contributed by atoms with Crippen LogP contribution in [0.2, 0.25) is 0 Å². The summed E-state index contributed by atoms with van der Waals surface area (Å²) in [6.07, 6.45) is 2.56. The summed E-state index contributed by atoms with van der Waals surface area (Å²) >= 11 is 0. The van der Waals surface area contributed by atoms with E-state index < -0.39 is 0 Å². The average molecular weight is 345 g/mol. The number of carbonyl (C=O) groups excluding carboxylic acids is 2. The Morgan fingerprint density at radius 1 is 1.08 bits per heavy atom. The monoisotopic (exact) mass is 345 g/mol. The van der Waals surface area contributed by atoms with Crippen molar-refractivity contribution in [2.75, 3.05) is 39.3 Å². The molecule has 1 aliphatic rings. The first-order valence-corrected chi connectivity index (χ1v) is 9.32. The quantitative estimate of drug-likeness (QED) is 0.768. The van der Waals surface area contributed by atoms with E-state index in [9.17, 15) is 9.59 Å². The lowest BCUT2D eigenvalue weighted by molar-refractivity contribution is -0.132. The maximum Gasteiger partial charge on any atom is 0.234 e. The standard InChI is InChI=1S/C20H31N3O2/c1-4-5-8-21-19(24)15-22-9-11-23(12-10-22)20(25)14-18-7-6-16(2)17(3)13-18/h6-7,13H,4-5,8-12,14-15H2,1-3H3,(H,21,24). The molecule has 1 aromatic carbocycles. The van der Waals surface area contributed by atoms with E-state index in [-0.39, 0.29) is 11.8 Å². The Balaban J connectivity index is 1.74. The second-order valence-electron chi connectivity index (χ2n) is 6.96. The molecule has 1 aliphatic heterocycles. The van der Waals surface area contributed by atoms with Gasteiger partial charge in [-0.3, -0.25) is 14.5 Å². The van der Waals surface area contributed by atoms with Crippen molar-refractivity contribution in [1.82, 2.24) is 15.1 Å². The Bertz CT molecular complexity index is 593. The first-order chi connectivity index (χ1) is 12.0. The van der Waals surface area contributed by atoms with Crippen molar-refractivity contribution in [1.29, 1.82) is 0 Å². The van der Waals surface area contributed by atoms with Crippen LogP contribution in [-0.2, 0) is 16.0 Å². The van der Waals surface area contributed by atoms with Gasteiger partial charge in [-0.1, -0.05) is 31.5 Å². The molecule has 25 heavy (non-hydrogen) atoms. The highest BCUT2D eigenvalue weighted by Crippen LogP contribution is 2.12. The van der Waals surface area contributed by atoms with Crippen molar-refractivity contribution in [3.63, 3.8) is 0 Å². The minimum atomic E-state index is 0.0864. The maximum atomic E-state index is 12.5. The lowest BCUT2D eigenvalue weighted by Gasteiger charge is -2.34. The number of rotatable bonds is 7. The Hall–Kier alpha value is -1.88. The van der Waals surface area contributed by atoms with E-state index in [0.29, 0.717) is 26.1 Å². The van der Waals surface area contributed by atoms with Crippen molar-refractivity contribution >= 4 is 11.8 Å². The van der Waals surface area contributed by atoms with Gasteiger partial charge in [-0.05, 0) is 37.0 Å². The molecular formula is C20H31N3O2. The van der Waals surface area contributed by atoms with E-state index in [4.69, 9.17) is 0 Å². The molecule has 138 valence electrons. The summed E-state index contributed by atoms with van der Waals surface area (Å²) < 4.78 is 0. The first-order valence-electron chi connectivity index (χ1n) is 9.32. The van der Waals surface area contributed by atoms with Gasteiger partial charge in [0.2, 0.25) is 11.8 Å². The molecule has 2 rings (SSSR count). The van der Waals surface area contributed by atoms with Gasteiger partial charge in [0.25, 0.3) is 0 Å². The molecule has 5 nitrogen and oxygen atoms in total. The van der Waals surface area contributed by atoms with E-state index in [1.807, 2.05) is 11.0 Å². The Labute approximate surface area is 151 Å². The molecule has 2 amide bonds. The Morgan fingerprint density at radius 2 is 1.80 bits per heavy atom. The molecule has 0 unspecified atom stereocenters. The smallest absolute Gasteiger partial charge is 0.234 e. The van der Waals surface area contributed by atoms with Crippen molar-refractivity contribution < 1.29 is 9.59 Å². The van der Waals surface area contributed by atoms with Crippen LogP contribution in [0.15, 0.2) is 18.2 Å². The number of amides is 2. The molecule has 0 aliphatic carbocycles. The fourth-order valence-corrected chi connectivity index (χ4v) is 3.02. The summed E-state index contributed by atoms with van der Waals surface area (Å²) in [7, 11) is 0. The zero-order valence-electron chi connectivity index (χ0n) is 15.8. The average Bonchev–Trinajstić information content (AvgIpc) is 2.59. The number of aryl methyl sites for hydroxylation is 2. The van der Waals surface area contributed by atoms with Crippen LogP contribution in [-0.4, -0.2) is 60.9 Å². The van der Waals surface area contributed by atoms with E-state index in [1.165, 1.54) is 11.1 Å². The summed E-state index contributed by atoms with van der Waals surface area (Å²) in [5.41, 5.74) is 3.55. The Kier molecular flexibility index (Phi) is 7.44. The number of carbonyl (C=O) groups is 2. The van der Waals surface area contributed by atoms with Crippen molar-refractivity contribution in [2.24, 2.45) is 0 Å². The molecule has 0 saturated carbocycles. The van der Waals surface area contributed by atoms with Gasteiger partial charge >= 0.3 is 0 Å². The number of hydrogen-bond donors (Lipinski definition) is 1. The van der Waals surface area contributed by atoms with Gasteiger partial charge in [-0.15, -0.1) is 0 Å². The summed E-state index contributed by atoms with van der Waals surface area (Å²) in [6.45, 7) is 10.4. The molecule has 0 atom stereocenters. The van der Waals surface area contributed by atoms with Crippen LogP contribution < -0.4 is 5.32 Å². The third-order valence-electron chi connectivity index (χ3n) is 4.87. The Morgan fingerprint density at radius 3 is 2.44 bits per heavy atom. The molecule has 1 saturated heterocycles. The van der Waals surface area contributed by atoms with Crippen LogP contribution in [0.3, 0.4) is 0 Å². The lowest BCUT2D eigenvalue weighted by Crippen LogP contribution is -2.51. The topological polar surface area (TPSA) is 52.7 Å². The zero-order chi connectivity index (χ0) is 18.2. The van der Waals surface area contributed by atoms with Gasteiger partial charge < -0.3 is 10.2 Å². The van der Waals surface area contributed by atoms with Gasteiger partial charge in [0.05, 0.1) is 13.0 Å². The SMILES string of the molecule is CCCCNC(=O)CN1CCN(C(=O)Cc2ccc(C)c(C)c2)CC1. The van der Waals surface area contributed by atoms with Crippen LogP contribution in [0.4, 0.5) is 0 Å². The van der Waals surface area contributed by atoms with Gasteiger partial charge in [0.15, 0.2) is 0 Å². The molecule has 1 fully saturated rings. The molecule has 0 aromatic heterocycles. The van der Waals surface area contributed by atoms with Gasteiger partial charge in [0.1, 0.15) is 0 Å². The van der Waals surface area contributed by atoms with E-state index in [2.05, 4.69) is 43.1 Å². The lowest BCUT2D eigenvalue weighted by atomic mass is 10.0. The maximum absolute atomic E-state index is 12.5.